The number of aryl methyl sites for hydroxylation is 1. The van der Waals surface area contributed by atoms with E-state index in [1.54, 1.807) is 10.7 Å². The zero-order valence-corrected chi connectivity index (χ0v) is 13.7. The summed E-state index contributed by atoms with van der Waals surface area (Å²) in [4.78, 5) is 12.8. The molecule has 0 bridgehead atoms. The quantitative estimate of drug-likeness (QED) is 0.777. The van der Waals surface area contributed by atoms with E-state index < -0.39 is 0 Å². The predicted molar refractivity (Wildman–Crippen MR) is 93.9 cm³/mol. The van der Waals surface area contributed by atoms with Gasteiger partial charge in [-0.05, 0) is 44.2 Å². The summed E-state index contributed by atoms with van der Waals surface area (Å²) in [7, 11) is 0. The molecule has 5 heteroatoms. The number of amides is 1. The molecule has 3 rings (SSSR count). The minimum atomic E-state index is -0.230. The summed E-state index contributed by atoms with van der Waals surface area (Å²) in [5.41, 5.74) is 2.74. The molecule has 0 saturated carbocycles. The number of hydrogen-bond donors (Lipinski definition) is 1. The molecule has 24 heavy (non-hydrogen) atoms. The Kier molecular flexibility index (Phi) is 4.61. The summed E-state index contributed by atoms with van der Waals surface area (Å²) >= 11 is 0. The molecular weight excluding hydrogens is 302 g/mol. The van der Waals surface area contributed by atoms with Crippen LogP contribution >= 0.6 is 0 Å². The van der Waals surface area contributed by atoms with Crippen molar-refractivity contribution in [1.82, 2.24) is 9.78 Å². The molecule has 5 nitrogen and oxygen atoms in total. The minimum absolute atomic E-state index is 0.230. The van der Waals surface area contributed by atoms with Crippen molar-refractivity contribution in [3.05, 3.63) is 72.1 Å². The van der Waals surface area contributed by atoms with Crippen LogP contribution in [-0.4, -0.2) is 22.3 Å². The summed E-state index contributed by atoms with van der Waals surface area (Å²) in [6, 6.07) is 18.7. The number of nitrogens with one attached hydrogen (secondary N) is 1. The maximum Gasteiger partial charge on any atom is 0.274 e. The molecule has 0 radical (unpaired) electrons. The van der Waals surface area contributed by atoms with Gasteiger partial charge >= 0.3 is 0 Å². The van der Waals surface area contributed by atoms with Crippen molar-refractivity contribution in [3.63, 3.8) is 0 Å². The van der Waals surface area contributed by atoms with Crippen LogP contribution in [0.1, 0.15) is 23.1 Å². The van der Waals surface area contributed by atoms with Gasteiger partial charge in [-0.3, -0.25) is 4.79 Å². The van der Waals surface area contributed by atoms with Gasteiger partial charge in [-0.15, -0.1) is 0 Å². The van der Waals surface area contributed by atoms with Crippen molar-refractivity contribution in [2.75, 3.05) is 11.9 Å². The van der Waals surface area contributed by atoms with Gasteiger partial charge in [0.15, 0.2) is 0 Å². The van der Waals surface area contributed by atoms with Gasteiger partial charge in [-0.1, -0.05) is 30.3 Å². The van der Waals surface area contributed by atoms with E-state index in [0.717, 1.165) is 11.4 Å². The van der Waals surface area contributed by atoms with E-state index in [2.05, 4.69) is 10.4 Å². The lowest BCUT2D eigenvalue weighted by molar-refractivity contribution is 0.101. The highest BCUT2D eigenvalue weighted by Gasteiger charge is 2.16. The van der Waals surface area contributed by atoms with Crippen molar-refractivity contribution in [3.8, 4) is 11.4 Å². The van der Waals surface area contributed by atoms with Crippen molar-refractivity contribution in [2.24, 2.45) is 0 Å². The number of nitrogens with zero attached hydrogens (tertiary/aromatic N) is 2. The monoisotopic (exact) mass is 321 g/mol. The first-order chi connectivity index (χ1) is 11.7. The molecule has 1 heterocycles. The molecule has 0 fully saturated rings. The highest BCUT2D eigenvalue weighted by molar-refractivity contribution is 6.04. The highest BCUT2D eigenvalue weighted by atomic mass is 16.5. The number of para-hydroxylation sites is 3. The molecule has 0 unspecified atom stereocenters. The van der Waals surface area contributed by atoms with Gasteiger partial charge in [0.1, 0.15) is 11.4 Å². The van der Waals surface area contributed by atoms with Crippen molar-refractivity contribution >= 4 is 11.6 Å². The Labute approximate surface area is 140 Å². The number of ether oxygens (including phenoxy) is 1. The third-order valence-corrected chi connectivity index (χ3v) is 3.50. The summed E-state index contributed by atoms with van der Waals surface area (Å²) in [5, 5.41) is 7.34. The van der Waals surface area contributed by atoms with E-state index in [0.29, 0.717) is 23.7 Å². The number of carbonyl (C=O) groups is 1. The first-order valence-electron chi connectivity index (χ1n) is 7.84. The maximum absolute atomic E-state index is 12.8. The fraction of sp³-hybridized carbons (Fsp3) is 0.158. The number of hydrogen-bond acceptors (Lipinski definition) is 3. The number of benzene rings is 2. The molecule has 0 atom stereocenters. The van der Waals surface area contributed by atoms with Gasteiger partial charge in [-0.2, -0.15) is 5.10 Å². The van der Waals surface area contributed by atoms with Crippen LogP contribution < -0.4 is 10.1 Å². The van der Waals surface area contributed by atoms with Crippen LogP contribution in [-0.2, 0) is 0 Å². The normalized spacial score (nSPS) is 10.4. The van der Waals surface area contributed by atoms with E-state index >= 15 is 0 Å². The zero-order valence-electron chi connectivity index (χ0n) is 13.7. The van der Waals surface area contributed by atoms with Crippen LogP contribution in [0.25, 0.3) is 5.69 Å². The molecule has 0 aliphatic heterocycles. The topological polar surface area (TPSA) is 56.1 Å². The van der Waals surface area contributed by atoms with Crippen LogP contribution in [0.15, 0.2) is 60.7 Å². The third-order valence-electron chi connectivity index (χ3n) is 3.50. The van der Waals surface area contributed by atoms with E-state index in [1.165, 1.54) is 0 Å². The second-order valence-electron chi connectivity index (χ2n) is 5.30. The molecule has 0 aliphatic rings. The molecule has 0 saturated heterocycles. The number of aromatic nitrogens is 2. The van der Waals surface area contributed by atoms with Gasteiger partial charge < -0.3 is 10.1 Å². The zero-order chi connectivity index (χ0) is 16.9. The molecule has 0 spiro atoms. The average molecular weight is 321 g/mol. The Hall–Kier alpha value is -3.08. The molecule has 1 N–H and O–H groups in total. The van der Waals surface area contributed by atoms with E-state index in [1.807, 2.05) is 68.4 Å². The fourth-order valence-corrected chi connectivity index (χ4v) is 2.46. The summed E-state index contributed by atoms with van der Waals surface area (Å²) < 4.78 is 7.20. The van der Waals surface area contributed by atoms with Crippen LogP contribution in [0.2, 0.25) is 0 Å². The SMILES string of the molecule is CCOc1ccccc1NC(=O)c1cc(C)nn1-c1ccccc1. The third kappa shape index (κ3) is 3.30. The van der Waals surface area contributed by atoms with Crippen LogP contribution in [0.4, 0.5) is 5.69 Å². The minimum Gasteiger partial charge on any atom is -0.492 e. The standard InChI is InChI=1S/C19H19N3O2/c1-3-24-18-12-8-7-11-16(18)20-19(23)17-13-14(2)21-22(17)15-9-5-4-6-10-15/h4-13H,3H2,1-2H3,(H,20,23). The Balaban J connectivity index is 1.92. The van der Waals surface area contributed by atoms with E-state index in [9.17, 15) is 4.79 Å². The lowest BCUT2D eigenvalue weighted by Gasteiger charge is -2.12. The van der Waals surface area contributed by atoms with Crippen LogP contribution in [0.3, 0.4) is 0 Å². The van der Waals surface area contributed by atoms with E-state index in [4.69, 9.17) is 4.74 Å². The molecule has 2 aromatic carbocycles. The predicted octanol–water partition coefficient (Wildman–Crippen LogP) is 3.83. The Morgan fingerprint density at radius 3 is 2.58 bits per heavy atom. The van der Waals surface area contributed by atoms with Crippen molar-refractivity contribution in [1.29, 1.82) is 0 Å². The van der Waals surface area contributed by atoms with Crippen LogP contribution in [0, 0.1) is 6.92 Å². The first kappa shape index (κ1) is 15.8. The number of carbonyl (C=O) groups excluding carboxylic acids is 1. The maximum atomic E-state index is 12.8. The fourth-order valence-electron chi connectivity index (χ4n) is 2.46. The van der Waals surface area contributed by atoms with E-state index in [-0.39, 0.29) is 5.91 Å². The Bertz CT molecular complexity index is 841. The molecule has 3 aromatic rings. The first-order valence-corrected chi connectivity index (χ1v) is 7.84. The molecule has 122 valence electrons. The van der Waals surface area contributed by atoms with Crippen LogP contribution in [0.5, 0.6) is 5.75 Å². The second-order valence-corrected chi connectivity index (χ2v) is 5.30. The largest absolute Gasteiger partial charge is 0.492 e. The average Bonchev–Trinajstić information content (AvgIpc) is 3.00. The molecule has 1 amide bonds. The van der Waals surface area contributed by atoms with Crippen molar-refractivity contribution < 1.29 is 9.53 Å². The number of rotatable bonds is 5. The Morgan fingerprint density at radius 1 is 1.12 bits per heavy atom. The van der Waals surface area contributed by atoms with Crippen molar-refractivity contribution in [2.45, 2.75) is 13.8 Å². The van der Waals surface area contributed by atoms with Gasteiger partial charge in [0.25, 0.3) is 5.91 Å². The molecule has 1 aromatic heterocycles. The lowest BCUT2D eigenvalue weighted by Crippen LogP contribution is -2.17. The Morgan fingerprint density at radius 2 is 1.83 bits per heavy atom. The summed E-state index contributed by atoms with van der Waals surface area (Å²) in [6.07, 6.45) is 0. The van der Waals surface area contributed by atoms with Gasteiger partial charge in [0.2, 0.25) is 0 Å². The number of anilines is 1. The summed E-state index contributed by atoms with van der Waals surface area (Å²) in [5.74, 6) is 0.419. The smallest absolute Gasteiger partial charge is 0.274 e. The summed E-state index contributed by atoms with van der Waals surface area (Å²) in [6.45, 7) is 4.31. The lowest BCUT2D eigenvalue weighted by atomic mass is 10.2. The molecular formula is C19H19N3O2. The van der Waals surface area contributed by atoms with Gasteiger partial charge in [0.05, 0.1) is 23.7 Å². The second kappa shape index (κ2) is 7.00. The van der Waals surface area contributed by atoms with Gasteiger partial charge in [0, 0.05) is 0 Å². The highest BCUT2D eigenvalue weighted by Crippen LogP contribution is 2.24. The molecule has 0 aliphatic carbocycles. The van der Waals surface area contributed by atoms with Gasteiger partial charge in [-0.25, -0.2) is 4.68 Å².